The minimum absolute atomic E-state index is 0.0337. The number of aromatic nitrogens is 3. The standard InChI is InChI=1S/C18H16F4N4O2/c1-9-15-12(16(19)20)7-13(17(21)22)24-18(15)26(25-9)8-14(27)23-10-4-3-5-11(6-10)28-2/h3-7,16-17H,8H2,1-2H3,(H,23,27). The van der Waals surface area contributed by atoms with Gasteiger partial charge in [-0.1, -0.05) is 6.07 Å². The molecule has 0 unspecified atom stereocenters. The number of fused-ring (bicyclic) bond motifs is 1. The lowest BCUT2D eigenvalue weighted by Crippen LogP contribution is -2.20. The molecule has 0 aliphatic carbocycles. The van der Waals surface area contributed by atoms with E-state index in [1.807, 2.05) is 0 Å². The van der Waals surface area contributed by atoms with E-state index < -0.39 is 30.0 Å². The lowest BCUT2D eigenvalue weighted by molar-refractivity contribution is -0.116. The van der Waals surface area contributed by atoms with Crippen molar-refractivity contribution < 1.29 is 27.1 Å². The topological polar surface area (TPSA) is 69.0 Å². The number of alkyl halides is 4. The van der Waals surface area contributed by atoms with E-state index in [0.717, 1.165) is 4.68 Å². The molecule has 28 heavy (non-hydrogen) atoms. The quantitative estimate of drug-likeness (QED) is 0.632. The summed E-state index contributed by atoms with van der Waals surface area (Å²) in [5.41, 5.74) is -0.944. The molecule has 0 aliphatic heterocycles. The average molecular weight is 396 g/mol. The zero-order valence-electron chi connectivity index (χ0n) is 14.9. The molecule has 3 aromatic rings. The normalized spacial score (nSPS) is 11.4. The smallest absolute Gasteiger partial charge is 0.280 e. The van der Waals surface area contributed by atoms with Gasteiger partial charge >= 0.3 is 0 Å². The predicted molar refractivity (Wildman–Crippen MR) is 93.8 cm³/mol. The molecule has 0 radical (unpaired) electrons. The molecule has 0 aliphatic rings. The van der Waals surface area contributed by atoms with Gasteiger partial charge < -0.3 is 10.1 Å². The molecular formula is C18H16F4N4O2. The second-order valence-corrected chi connectivity index (χ2v) is 5.96. The maximum Gasteiger partial charge on any atom is 0.280 e. The first-order valence-corrected chi connectivity index (χ1v) is 8.18. The van der Waals surface area contributed by atoms with Gasteiger partial charge in [-0.2, -0.15) is 5.10 Å². The van der Waals surface area contributed by atoms with Gasteiger partial charge in [0, 0.05) is 17.3 Å². The van der Waals surface area contributed by atoms with Crippen LogP contribution in [0.4, 0.5) is 23.2 Å². The van der Waals surface area contributed by atoms with Crippen molar-refractivity contribution in [2.24, 2.45) is 0 Å². The average Bonchev–Trinajstić information content (AvgIpc) is 2.96. The Bertz CT molecular complexity index is 1020. The minimum Gasteiger partial charge on any atom is -0.497 e. The van der Waals surface area contributed by atoms with Crippen LogP contribution in [-0.4, -0.2) is 27.8 Å². The number of hydrogen-bond donors (Lipinski definition) is 1. The molecule has 2 aromatic heterocycles. The van der Waals surface area contributed by atoms with Crippen LogP contribution in [0.2, 0.25) is 0 Å². The van der Waals surface area contributed by atoms with Crippen LogP contribution >= 0.6 is 0 Å². The van der Waals surface area contributed by atoms with E-state index in [4.69, 9.17) is 4.74 Å². The minimum atomic E-state index is -3.03. The highest BCUT2D eigenvalue weighted by Gasteiger charge is 2.23. The third-order valence-corrected chi connectivity index (χ3v) is 4.03. The molecule has 0 bridgehead atoms. The molecule has 2 heterocycles. The number of pyridine rings is 1. The fourth-order valence-electron chi connectivity index (χ4n) is 2.84. The molecule has 3 rings (SSSR count). The van der Waals surface area contributed by atoms with Crippen LogP contribution in [0.15, 0.2) is 30.3 Å². The molecule has 0 fully saturated rings. The summed E-state index contributed by atoms with van der Waals surface area (Å²) in [4.78, 5) is 16.1. The SMILES string of the molecule is COc1cccc(NC(=O)Cn2nc(C)c3c(C(F)F)cc(C(F)F)nc32)c1. The Labute approximate surface area is 157 Å². The number of methoxy groups -OCH3 is 1. The first-order chi connectivity index (χ1) is 13.3. The molecule has 10 heteroatoms. The van der Waals surface area contributed by atoms with Gasteiger partial charge in [-0.15, -0.1) is 0 Å². The van der Waals surface area contributed by atoms with E-state index in [1.165, 1.54) is 14.0 Å². The van der Waals surface area contributed by atoms with E-state index >= 15 is 0 Å². The zero-order chi connectivity index (χ0) is 20.4. The van der Waals surface area contributed by atoms with Crippen LogP contribution < -0.4 is 10.1 Å². The van der Waals surface area contributed by atoms with Crippen LogP contribution in [0.25, 0.3) is 11.0 Å². The Kier molecular flexibility index (Phi) is 5.48. The number of nitrogens with zero attached hydrogens (tertiary/aromatic N) is 3. The Balaban J connectivity index is 1.95. The second-order valence-electron chi connectivity index (χ2n) is 5.96. The van der Waals surface area contributed by atoms with Gasteiger partial charge in [0.25, 0.3) is 12.9 Å². The van der Waals surface area contributed by atoms with E-state index in [9.17, 15) is 22.4 Å². The molecule has 0 saturated heterocycles. The van der Waals surface area contributed by atoms with E-state index in [0.29, 0.717) is 17.5 Å². The predicted octanol–water partition coefficient (Wildman–Crippen LogP) is 4.26. The van der Waals surface area contributed by atoms with Crippen molar-refractivity contribution in [3.63, 3.8) is 0 Å². The number of benzene rings is 1. The molecule has 0 atom stereocenters. The second kappa shape index (κ2) is 7.83. The molecule has 6 nitrogen and oxygen atoms in total. The molecule has 1 N–H and O–H groups in total. The summed E-state index contributed by atoms with van der Waals surface area (Å²) in [6, 6.07) is 7.27. The van der Waals surface area contributed by atoms with Gasteiger partial charge in [-0.05, 0) is 25.1 Å². The van der Waals surface area contributed by atoms with Gasteiger partial charge in [0.15, 0.2) is 5.65 Å². The Morgan fingerprint density at radius 2 is 1.96 bits per heavy atom. The summed E-state index contributed by atoms with van der Waals surface area (Å²) < 4.78 is 58.9. The number of rotatable bonds is 6. The highest BCUT2D eigenvalue weighted by molar-refractivity contribution is 5.92. The summed E-state index contributed by atoms with van der Waals surface area (Å²) in [5.74, 6) is 0.00324. The number of hydrogen-bond acceptors (Lipinski definition) is 4. The van der Waals surface area contributed by atoms with Gasteiger partial charge in [0.05, 0.1) is 18.2 Å². The summed E-state index contributed by atoms with van der Waals surface area (Å²) in [6.07, 6.45) is -6.01. The van der Waals surface area contributed by atoms with Crippen LogP contribution in [-0.2, 0) is 11.3 Å². The van der Waals surface area contributed by atoms with Gasteiger partial charge in [-0.3, -0.25) is 4.79 Å². The van der Waals surface area contributed by atoms with Crippen LogP contribution in [0.5, 0.6) is 5.75 Å². The molecule has 0 spiro atoms. The highest BCUT2D eigenvalue weighted by atomic mass is 19.3. The first-order valence-electron chi connectivity index (χ1n) is 8.18. The zero-order valence-corrected chi connectivity index (χ0v) is 14.9. The Morgan fingerprint density at radius 3 is 2.61 bits per heavy atom. The van der Waals surface area contributed by atoms with Crippen molar-refractivity contribution in [1.82, 2.24) is 14.8 Å². The maximum atomic E-state index is 13.4. The van der Waals surface area contributed by atoms with Crippen molar-refractivity contribution in [3.8, 4) is 5.75 Å². The first kappa shape index (κ1) is 19.6. The number of nitrogens with one attached hydrogen (secondary N) is 1. The van der Waals surface area contributed by atoms with Gasteiger partial charge in [-0.25, -0.2) is 27.2 Å². The number of anilines is 1. The summed E-state index contributed by atoms with van der Waals surface area (Å²) >= 11 is 0. The molecule has 1 amide bonds. The third-order valence-electron chi connectivity index (χ3n) is 4.03. The number of carbonyl (C=O) groups excluding carboxylic acids is 1. The molecular weight excluding hydrogens is 380 g/mol. The van der Waals surface area contributed by atoms with Crippen molar-refractivity contribution >= 4 is 22.6 Å². The highest BCUT2D eigenvalue weighted by Crippen LogP contribution is 2.32. The fourth-order valence-corrected chi connectivity index (χ4v) is 2.84. The summed E-state index contributed by atoms with van der Waals surface area (Å²) in [6.45, 7) is 1.07. The van der Waals surface area contributed by atoms with E-state index in [1.54, 1.807) is 24.3 Å². The van der Waals surface area contributed by atoms with Gasteiger partial charge in [0.2, 0.25) is 5.91 Å². The third kappa shape index (κ3) is 3.90. The lowest BCUT2D eigenvalue weighted by atomic mass is 10.1. The maximum absolute atomic E-state index is 13.4. The van der Waals surface area contributed by atoms with Crippen molar-refractivity contribution in [1.29, 1.82) is 0 Å². The van der Waals surface area contributed by atoms with E-state index in [2.05, 4.69) is 15.4 Å². The summed E-state index contributed by atoms with van der Waals surface area (Å²) in [5, 5.41) is 6.62. The Hall–Kier alpha value is -3.17. The number of amides is 1. The van der Waals surface area contributed by atoms with Crippen molar-refractivity contribution in [2.75, 3.05) is 12.4 Å². The monoisotopic (exact) mass is 396 g/mol. The lowest BCUT2D eigenvalue weighted by Gasteiger charge is -2.09. The van der Waals surface area contributed by atoms with Crippen molar-refractivity contribution in [3.05, 3.63) is 47.3 Å². The number of aryl methyl sites for hydroxylation is 1. The van der Waals surface area contributed by atoms with Crippen LogP contribution in [0, 0.1) is 6.92 Å². The van der Waals surface area contributed by atoms with Gasteiger partial charge in [0.1, 0.15) is 18.0 Å². The Morgan fingerprint density at radius 1 is 1.21 bits per heavy atom. The molecule has 148 valence electrons. The number of ether oxygens (including phenoxy) is 1. The van der Waals surface area contributed by atoms with Crippen LogP contribution in [0.3, 0.4) is 0 Å². The van der Waals surface area contributed by atoms with Crippen LogP contribution in [0.1, 0.15) is 29.8 Å². The molecule has 0 saturated carbocycles. The summed E-state index contributed by atoms with van der Waals surface area (Å²) in [7, 11) is 1.48. The largest absolute Gasteiger partial charge is 0.497 e. The fraction of sp³-hybridized carbons (Fsp3) is 0.278. The van der Waals surface area contributed by atoms with E-state index in [-0.39, 0.29) is 23.3 Å². The number of carbonyl (C=O) groups is 1. The van der Waals surface area contributed by atoms with Crippen molar-refractivity contribution in [2.45, 2.75) is 26.3 Å². The number of halogens is 4. The molecule has 1 aromatic carbocycles.